The molecule has 0 saturated heterocycles. The Morgan fingerprint density at radius 2 is 2.12 bits per heavy atom. The van der Waals surface area contributed by atoms with Crippen molar-refractivity contribution in [1.82, 2.24) is 15.2 Å². The average Bonchev–Trinajstić information content (AvgIpc) is 2.95. The average molecular weight is 226 g/mol. The zero-order chi connectivity index (χ0) is 11.8. The van der Waals surface area contributed by atoms with E-state index in [0.717, 1.165) is 16.6 Å². The summed E-state index contributed by atoms with van der Waals surface area (Å²) in [7, 11) is 0. The van der Waals surface area contributed by atoms with Gasteiger partial charge in [0.25, 0.3) is 5.91 Å². The van der Waals surface area contributed by atoms with Crippen LogP contribution in [-0.4, -0.2) is 21.1 Å². The summed E-state index contributed by atoms with van der Waals surface area (Å²) in [4.78, 5) is 14.4. The van der Waals surface area contributed by atoms with Gasteiger partial charge in [-0.15, -0.1) is 0 Å². The largest absolute Gasteiger partial charge is 0.365 e. The minimum Gasteiger partial charge on any atom is -0.365 e. The number of nitrogens with zero attached hydrogens (tertiary/aromatic N) is 1. The lowest BCUT2D eigenvalue weighted by atomic mass is 10.2. The molecule has 0 aliphatic heterocycles. The maximum Gasteiger partial charge on any atom is 0.252 e. The molecule has 0 spiro atoms. The van der Waals surface area contributed by atoms with Crippen LogP contribution in [0.2, 0.25) is 0 Å². The fourth-order valence-corrected chi connectivity index (χ4v) is 1.89. The summed E-state index contributed by atoms with van der Waals surface area (Å²) >= 11 is 0. The van der Waals surface area contributed by atoms with Gasteiger partial charge >= 0.3 is 0 Å². The van der Waals surface area contributed by atoms with E-state index >= 15 is 0 Å². The highest BCUT2D eigenvalue weighted by Gasteiger charge is 2.13. The third-order valence-electron chi connectivity index (χ3n) is 2.70. The summed E-state index contributed by atoms with van der Waals surface area (Å²) in [6.45, 7) is 0. The number of nitrogens with two attached hydrogens (primary N) is 1. The Morgan fingerprint density at radius 3 is 2.88 bits per heavy atom. The molecule has 2 heterocycles. The van der Waals surface area contributed by atoms with E-state index in [1.54, 1.807) is 0 Å². The number of carbonyl (C=O) groups excluding carboxylic acids is 1. The standard InChI is InChI=1S/C12H10N4O/c13-12(17)8-6-14-16-11(8)10-5-7-3-1-2-4-9(7)15-10/h1-6,15H,(H2,13,17)(H,14,16). The van der Waals surface area contributed by atoms with Crippen LogP contribution in [0.25, 0.3) is 22.3 Å². The zero-order valence-corrected chi connectivity index (χ0v) is 8.90. The number of H-pyrrole nitrogens is 2. The molecule has 0 saturated carbocycles. The molecule has 17 heavy (non-hydrogen) atoms. The van der Waals surface area contributed by atoms with Crippen molar-refractivity contribution >= 4 is 16.8 Å². The number of hydrogen-bond acceptors (Lipinski definition) is 2. The van der Waals surface area contributed by atoms with Gasteiger partial charge in [0.05, 0.1) is 23.1 Å². The van der Waals surface area contributed by atoms with Crippen LogP contribution in [0.3, 0.4) is 0 Å². The molecule has 0 fully saturated rings. The quantitative estimate of drug-likeness (QED) is 0.620. The molecule has 1 amide bonds. The van der Waals surface area contributed by atoms with Gasteiger partial charge in [-0.2, -0.15) is 5.10 Å². The van der Waals surface area contributed by atoms with Crippen molar-refractivity contribution in [2.45, 2.75) is 0 Å². The van der Waals surface area contributed by atoms with E-state index in [-0.39, 0.29) is 0 Å². The summed E-state index contributed by atoms with van der Waals surface area (Å²) in [5, 5.41) is 7.70. The molecule has 1 aromatic carbocycles. The number of primary amides is 1. The Labute approximate surface area is 96.6 Å². The van der Waals surface area contributed by atoms with Crippen LogP contribution in [0.4, 0.5) is 0 Å². The number of carbonyl (C=O) groups is 1. The third kappa shape index (κ3) is 1.48. The van der Waals surface area contributed by atoms with E-state index < -0.39 is 5.91 Å². The van der Waals surface area contributed by atoms with Crippen LogP contribution in [0, 0.1) is 0 Å². The van der Waals surface area contributed by atoms with Gasteiger partial charge in [-0.1, -0.05) is 18.2 Å². The van der Waals surface area contributed by atoms with Gasteiger partial charge in [0.15, 0.2) is 0 Å². The topological polar surface area (TPSA) is 87.6 Å². The van der Waals surface area contributed by atoms with Crippen LogP contribution in [0.15, 0.2) is 36.5 Å². The lowest BCUT2D eigenvalue weighted by Gasteiger charge is -1.95. The second-order valence-electron chi connectivity index (χ2n) is 3.79. The van der Waals surface area contributed by atoms with Crippen molar-refractivity contribution < 1.29 is 4.79 Å². The van der Waals surface area contributed by atoms with E-state index in [0.29, 0.717) is 11.3 Å². The predicted octanol–water partition coefficient (Wildman–Crippen LogP) is 1.66. The SMILES string of the molecule is NC(=O)c1cn[nH]c1-c1cc2ccccc2[nH]1. The number of aromatic nitrogens is 3. The summed E-state index contributed by atoms with van der Waals surface area (Å²) in [6, 6.07) is 9.83. The highest BCUT2D eigenvalue weighted by Crippen LogP contribution is 2.24. The molecule has 4 N–H and O–H groups in total. The first-order valence-corrected chi connectivity index (χ1v) is 5.17. The molecule has 0 radical (unpaired) electrons. The van der Waals surface area contributed by atoms with Gasteiger partial charge in [0.1, 0.15) is 0 Å². The molecule has 0 aliphatic carbocycles. The number of rotatable bonds is 2. The van der Waals surface area contributed by atoms with Crippen LogP contribution < -0.4 is 5.73 Å². The maximum atomic E-state index is 11.2. The summed E-state index contributed by atoms with van der Waals surface area (Å²) in [5.74, 6) is -0.493. The second-order valence-corrected chi connectivity index (χ2v) is 3.79. The minimum atomic E-state index is -0.493. The van der Waals surface area contributed by atoms with Crippen molar-refractivity contribution in [3.05, 3.63) is 42.1 Å². The molecule has 3 aromatic rings. The first-order valence-electron chi connectivity index (χ1n) is 5.17. The molecular weight excluding hydrogens is 216 g/mol. The monoisotopic (exact) mass is 226 g/mol. The first-order chi connectivity index (χ1) is 8.25. The highest BCUT2D eigenvalue weighted by atomic mass is 16.1. The van der Waals surface area contributed by atoms with Gasteiger partial charge in [-0.25, -0.2) is 0 Å². The number of hydrogen-bond donors (Lipinski definition) is 3. The van der Waals surface area contributed by atoms with Crippen LogP contribution in [-0.2, 0) is 0 Å². The lowest BCUT2D eigenvalue weighted by molar-refractivity contribution is 0.100. The van der Waals surface area contributed by atoms with E-state index in [1.165, 1.54) is 6.20 Å². The first kappa shape index (κ1) is 9.65. The normalized spacial score (nSPS) is 10.8. The summed E-state index contributed by atoms with van der Waals surface area (Å²) in [6.07, 6.45) is 1.43. The van der Waals surface area contributed by atoms with Crippen molar-refractivity contribution in [2.24, 2.45) is 5.73 Å². The number of fused-ring (bicyclic) bond motifs is 1. The third-order valence-corrected chi connectivity index (χ3v) is 2.70. The summed E-state index contributed by atoms with van der Waals surface area (Å²) in [5.41, 5.74) is 8.09. The number of benzene rings is 1. The zero-order valence-electron chi connectivity index (χ0n) is 8.90. The molecule has 3 rings (SSSR count). The minimum absolute atomic E-state index is 0.386. The Hall–Kier alpha value is -2.56. The molecule has 5 heteroatoms. The number of amides is 1. The molecule has 5 nitrogen and oxygen atoms in total. The Bertz CT molecular complexity index is 662. The number of para-hydroxylation sites is 1. The molecule has 2 aromatic heterocycles. The van der Waals surface area contributed by atoms with Crippen molar-refractivity contribution in [3.8, 4) is 11.4 Å². The molecule has 0 bridgehead atoms. The maximum absolute atomic E-state index is 11.2. The van der Waals surface area contributed by atoms with E-state index in [4.69, 9.17) is 5.73 Å². The van der Waals surface area contributed by atoms with Gasteiger partial charge in [-0.05, 0) is 12.1 Å². The Kier molecular flexibility index (Phi) is 1.98. The van der Waals surface area contributed by atoms with Gasteiger partial charge in [0, 0.05) is 10.9 Å². The van der Waals surface area contributed by atoms with E-state index in [9.17, 15) is 4.79 Å². The Morgan fingerprint density at radius 1 is 1.29 bits per heavy atom. The molecular formula is C12H10N4O. The van der Waals surface area contributed by atoms with Crippen molar-refractivity contribution in [1.29, 1.82) is 0 Å². The number of nitrogens with one attached hydrogen (secondary N) is 2. The van der Waals surface area contributed by atoms with E-state index in [1.807, 2.05) is 30.3 Å². The van der Waals surface area contributed by atoms with Crippen LogP contribution in [0.1, 0.15) is 10.4 Å². The lowest BCUT2D eigenvalue weighted by Crippen LogP contribution is -2.11. The molecule has 0 atom stereocenters. The van der Waals surface area contributed by atoms with Crippen molar-refractivity contribution in [2.75, 3.05) is 0 Å². The fraction of sp³-hybridized carbons (Fsp3) is 0. The fourth-order valence-electron chi connectivity index (χ4n) is 1.89. The second kappa shape index (κ2) is 3.48. The molecule has 84 valence electrons. The predicted molar refractivity (Wildman–Crippen MR) is 64.4 cm³/mol. The van der Waals surface area contributed by atoms with Crippen LogP contribution in [0.5, 0.6) is 0 Å². The van der Waals surface area contributed by atoms with Crippen molar-refractivity contribution in [3.63, 3.8) is 0 Å². The van der Waals surface area contributed by atoms with Crippen LogP contribution >= 0.6 is 0 Å². The summed E-state index contributed by atoms with van der Waals surface area (Å²) < 4.78 is 0. The number of aromatic amines is 2. The van der Waals surface area contributed by atoms with Gasteiger partial charge < -0.3 is 10.7 Å². The van der Waals surface area contributed by atoms with Gasteiger partial charge in [0.2, 0.25) is 0 Å². The highest BCUT2D eigenvalue weighted by molar-refractivity contribution is 5.99. The Balaban J connectivity index is 2.20. The smallest absolute Gasteiger partial charge is 0.252 e. The molecule has 0 aliphatic rings. The van der Waals surface area contributed by atoms with E-state index in [2.05, 4.69) is 15.2 Å². The van der Waals surface area contributed by atoms with Gasteiger partial charge in [-0.3, -0.25) is 9.89 Å². The molecule has 0 unspecified atom stereocenters.